The van der Waals surface area contributed by atoms with Gasteiger partial charge in [0.05, 0.1) is 12.2 Å². The van der Waals surface area contributed by atoms with Gasteiger partial charge in [-0.1, -0.05) is 12.1 Å². The fourth-order valence-corrected chi connectivity index (χ4v) is 2.97. The summed E-state index contributed by atoms with van der Waals surface area (Å²) in [5, 5.41) is 3.51. The van der Waals surface area contributed by atoms with Gasteiger partial charge in [-0.05, 0) is 58.3 Å². The lowest BCUT2D eigenvalue weighted by Gasteiger charge is -2.34. The first kappa shape index (κ1) is 15.8. The molecular formula is C17H26N2O2. The number of piperidine rings is 1. The average molecular weight is 290 g/mol. The minimum Gasteiger partial charge on any atom is -0.462 e. The van der Waals surface area contributed by atoms with Gasteiger partial charge in [0, 0.05) is 18.3 Å². The first-order valence-electron chi connectivity index (χ1n) is 7.83. The van der Waals surface area contributed by atoms with E-state index in [0.717, 1.165) is 12.2 Å². The Labute approximate surface area is 127 Å². The number of rotatable bonds is 5. The molecule has 1 N–H and O–H groups in total. The zero-order chi connectivity index (χ0) is 15.2. The van der Waals surface area contributed by atoms with Crippen LogP contribution in [-0.4, -0.2) is 43.7 Å². The highest BCUT2D eigenvalue weighted by atomic mass is 16.5. The van der Waals surface area contributed by atoms with Crippen LogP contribution in [-0.2, 0) is 4.74 Å². The molecule has 21 heavy (non-hydrogen) atoms. The molecule has 1 aliphatic heterocycles. The van der Waals surface area contributed by atoms with E-state index >= 15 is 0 Å². The number of nitrogens with zero attached hydrogens (tertiary/aromatic N) is 1. The van der Waals surface area contributed by atoms with Crippen molar-refractivity contribution in [3.05, 3.63) is 29.8 Å². The number of nitrogens with one attached hydrogen (secondary N) is 1. The molecule has 1 heterocycles. The van der Waals surface area contributed by atoms with E-state index in [9.17, 15) is 4.79 Å². The standard InChI is InChI=1S/C17H26N2O2/c1-4-21-17(20)15-9-5-6-10-16(15)18-13(2)14-8-7-11-19(3)12-14/h5-6,9-10,13-14,18H,4,7-8,11-12H2,1-3H3. The number of benzene rings is 1. The molecule has 0 aliphatic carbocycles. The molecule has 0 saturated carbocycles. The highest BCUT2D eigenvalue weighted by Crippen LogP contribution is 2.24. The van der Waals surface area contributed by atoms with Crippen LogP contribution in [0, 0.1) is 5.92 Å². The van der Waals surface area contributed by atoms with Crippen LogP contribution in [0.4, 0.5) is 5.69 Å². The Morgan fingerprint density at radius 2 is 2.24 bits per heavy atom. The van der Waals surface area contributed by atoms with Crippen LogP contribution in [0.25, 0.3) is 0 Å². The molecule has 1 fully saturated rings. The fourth-order valence-electron chi connectivity index (χ4n) is 2.97. The summed E-state index contributed by atoms with van der Waals surface area (Å²) in [7, 11) is 2.17. The van der Waals surface area contributed by atoms with Gasteiger partial charge in [-0.3, -0.25) is 0 Å². The van der Waals surface area contributed by atoms with Gasteiger partial charge < -0.3 is 15.0 Å². The molecule has 0 bridgehead atoms. The smallest absolute Gasteiger partial charge is 0.340 e. The summed E-state index contributed by atoms with van der Waals surface area (Å²) < 4.78 is 5.13. The number of likely N-dealkylation sites (tertiary alicyclic amines) is 1. The first-order chi connectivity index (χ1) is 10.1. The molecule has 0 radical (unpaired) electrons. The summed E-state index contributed by atoms with van der Waals surface area (Å²) in [5.41, 5.74) is 1.49. The van der Waals surface area contributed by atoms with Crippen molar-refractivity contribution in [1.29, 1.82) is 0 Å². The Morgan fingerprint density at radius 3 is 2.95 bits per heavy atom. The number of esters is 1. The SMILES string of the molecule is CCOC(=O)c1ccccc1NC(C)C1CCCN(C)C1. The Bertz CT molecular complexity index is 476. The molecule has 2 rings (SSSR count). The zero-order valence-electron chi connectivity index (χ0n) is 13.3. The van der Waals surface area contributed by atoms with Crippen molar-refractivity contribution in [1.82, 2.24) is 4.90 Å². The third-order valence-corrected chi connectivity index (χ3v) is 4.17. The molecular weight excluding hydrogens is 264 g/mol. The summed E-state index contributed by atoms with van der Waals surface area (Å²) in [6, 6.07) is 7.93. The maximum absolute atomic E-state index is 12.0. The third kappa shape index (κ3) is 4.21. The maximum atomic E-state index is 12.0. The van der Waals surface area contributed by atoms with E-state index in [0.29, 0.717) is 24.1 Å². The van der Waals surface area contributed by atoms with E-state index in [1.54, 1.807) is 0 Å². The molecule has 1 aromatic rings. The first-order valence-corrected chi connectivity index (χ1v) is 7.83. The van der Waals surface area contributed by atoms with Gasteiger partial charge in [0.2, 0.25) is 0 Å². The van der Waals surface area contributed by atoms with Crippen LogP contribution < -0.4 is 5.32 Å². The van der Waals surface area contributed by atoms with Crippen LogP contribution in [0.15, 0.2) is 24.3 Å². The number of carbonyl (C=O) groups excluding carboxylic acids is 1. The highest BCUT2D eigenvalue weighted by Gasteiger charge is 2.23. The molecule has 1 aliphatic rings. The van der Waals surface area contributed by atoms with Crippen molar-refractivity contribution in [3.8, 4) is 0 Å². The van der Waals surface area contributed by atoms with Crippen molar-refractivity contribution < 1.29 is 9.53 Å². The molecule has 0 amide bonds. The number of anilines is 1. The Balaban J connectivity index is 2.06. The van der Waals surface area contributed by atoms with E-state index < -0.39 is 0 Å². The number of ether oxygens (including phenoxy) is 1. The van der Waals surface area contributed by atoms with Gasteiger partial charge in [0.25, 0.3) is 0 Å². The summed E-state index contributed by atoms with van der Waals surface area (Å²) in [4.78, 5) is 14.4. The quantitative estimate of drug-likeness (QED) is 0.846. The number of para-hydroxylation sites is 1. The molecule has 0 aromatic heterocycles. The van der Waals surface area contributed by atoms with E-state index in [1.165, 1.54) is 19.4 Å². The topological polar surface area (TPSA) is 41.6 Å². The van der Waals surface area contributed by atoms with Crippen molar-refractivity contribution in [2.24, 2.45) is 5.92 Å². The molecule has 2 atom stereocenters. The van der Waals surface area contributed by atoms with E-state index in [4.69, 9.17) is 4.74 Å². The van der Waals surface area contributed by atoms with E-state index in [1.807, 2.05) is 31.2 Å². The van der Waals surface area contributed by atoms with Gasteiger partial charge in [-0.25, -0.2) is 4.79 Å². The third-order valence-electron chi connectivity index (χ3n) is 4.17. The lowest BCUT2D eigenvalue weighted by Crippen LogP contribution is -2.40. The van der Waals surface area contributed by atoms with E-state index in [-0.39, 0.29) is 5.97 Å². The summed E-state index contributed by atoms with van der Waals surface area (Å²) in [6.45, 7) is 6.72. The molecule has 1 aromatic carbocycles. The van der Waals surface area contributed by atoms with Crippen molar-refractivity contribution in [3.63, 3.8) is 0 Å². The lowest BCUT2D eigenvalue weighted by molar-refractivity contribution is 0.0527. The van der Waals surface area contributed by atoms with Crippen LogP contribution in [0.5, 0.6) is 0 Å². The molecule has 4 nitrogen and oxygen atoms in total. The van der Waals surface area contributed by atoms with Crippen LogP contribution >= 0.6 is 0 Å². The minimum atomic E-state index is -0.256. The second kappa shape index (κ2) is 7.46. The molecule has 4 heteroatoms. The summed E-state index contributed by atoms with van der Waals surface area (Å²) in [5.74, 6) is 0.354. The molecule has 0 spiro atoms. The van der Waals surface area contributed by atoms with Crippen LogP contribution in [0.1, 0.15) is 37.0 Å². The Hall–Kier alpha value is -1.55. The van der Waals surface area contributed by atoms with Crippen molar-refractivity contribution in [2.75, 3.05) is 32.1 Å². The lowest BCUT2D eigenvalue weighted by atomic mass is 9.91. The molecule has 116 valence electrons. The van der Waals surface area contributed by atoms with Gasteiger partial charge in [-0.15, -0.1) is 0 Å². The van der Waals surface area contributed by atoms with Crippen molar-refractivity contribution >= 4 is 11.7 Å². The van der Waals surface area contributed by atoms with Crippen LogP contribution in [0.3, 0.4) is 0 Å². The van der Waals surface area contributed by atoms with Crippen LogP contribution in [0.2, 0.25) is 0 Å². The second-order valence-electron chi connectivity index (χ2n) is 5.86. The second-order valence-corrected chi connectivity index (χ2v) is 5.86. The normalized spacial score (nSPS) is 20.8. The zero-order valence-corrected chi connectivity index (χ0v) is 13.3. The Kier molecular flexibility index (Phi) is 5.62. The maximum Gasteiger partial charge on any atom is 0.340 e. The number of carbonyl (C=O) groups is 1. The number of hydrogen-bond donors (Lipinski definition) is 1. The van der Waals surface area contributed by atoms with Gasteiger partial charge >= 0.3 is 5.97 Å². The molecule has 2 unspecified atom stereocenters. The monoisotopic (exact) mass is 290 g/mol. The summed E-state index contributed by atoms with van der Waals surface area (Å²) >= 11 is 0. The number of hydrogen-bond acceptors (Lipinski definition) is 4. The largest absolute Gasteiger partial charge is 0.462 e. The van der Waals surface area contributed by atoms with Gasteiger partial charge in [0.1, 0.15) is 0 Å². The highest BCUT2D eigenvalue weighted by molar-refractivity contribution is 5.95. The fraction of sp³-hybridized carbons (Fsp3) is 0.588. The predicted molar refractivity (Wildman–Crippen MR) is 85.7 cm³/mol. The van der Waals surface area contributed by atoms with Gasteiger partial charge in [-0.2, -0.15) is 0 Å². The predicted octanol–water partition coefficient (Wildman–Crippen LogP) is 3.01. The summed E-state index contributed by atoms with van der Waals surface area (Å²) in [6.07, 6.45) is 2.48. The minimum absolute atomic E-state index is 0.256. The Morgan fingerprint density at radius 1 is 1.48 bits per heavy atom. The molecule has 1 saturated heterocycles. The average Bonchev–Trinajstić information content (AvgIpc) is 2.48. The van der Waals surface area contributed by atoms with Crippen molar-refractivity contribution in [2.45, 2.75) is 32.7 Å². The van der Waals surface area contributed by atoms with E-state index in [2.05, 4.69) is 24.2 Å². The van der Waals surface area contributed by atoms with Gasteiger partial charge in [0.15, 0.2) is 0 Å².